The molecule has 2 aromatic carbocycles. The van der Waals surface area contributed by atoms with Crippen LogP contribution in [0.25, 0.3) is 11.4 Å². The van der Waals surface area contributed by atoms with Crippen LogP contribution < -0.4 is 5.32 Å². The van der Waals surface area contributed by atoms with Crippen LogP contribution in [0, 0.1) is 0 Å². The molecule has 0 fully saturated rings. The van der Waals surface area contributed by atoms with Crippen molar-refractivity contribution in [3.05, 3.63) is 83.2 Å². The number of fused-ring (bicyclic) bond motifs is 1. The van der Waals surface area contributed by atoms with E-state index in [2.05, 4.69) is 22.4 Å². The van der Waals surface area contributed by atoms with Gasteiger partial charge in [0.1, 0.15) is 5.56 Å². The van der Waals surface area contributed by atoms with Crippen molar-refractivity contribution in [1.82, 2.24) is 15.3 Å². The van der Waals surface area contributed by atoms with Gasteiger partial charge in [0.2, 0.25) is 0 Å². The predicted molar refractivity (Wildman–Crippen MR) is 98.8 cm³/mol. The fourth-order valence-electron chi connectivity index (χ4n) is 3.36. The van der Waals surface area contributed by atoms with E-state index in [0.717, 1.165) is 24.1 Å². The Balaban J connectivity index is 1.87. The summed E-state index contributed by atoms with van der Waals surface area (Å²) in [5, 5.41) is 3.49. The number of carbonyl (C=O) groups is 1. The van der Waals surface area contributed by atoms with Crippen LogP contribution in [-0.2, 0) is 11.2 Å². The van der Waals surface area contributed by atoms with Crippen LogP contribution in [0.2, 0.25) is 0 Å². The van der Waals surface area contributed by atoms with Gasteiger partial charge < -0.3 is 10.1 Å². The van der Waals surface area contributed by atoms with E-state index in [1.165, 1.54) is 12.7 Å². The summed E-state index contributed by atoms with van der Waals surface area (Å²) in [5.41, 5.74) is 4.36. The highest BCUT2D eigenvalue weighted by Crippen LogP contribution is 2.30. The van der Waals surface area contributed by atoms with Crippen molar-refractivity contribution in [2.75, 3.05) is 13.7 Å². The van der Waals surface area contributed by atoms with Gasteiger partial charge in [0.05, 0.1) is 18.8 Å². The Labute approximate surface area is 152 Å². The summed E-state index contributed by atoms with van der Waals surface area (Å²) in [6.45, 7) is 0.826. The summed E-state index contributed by atoms with van der Waals surface area (Å²) in [7, 11) is 1.37. The Morgan fingerprint density at radius 2 is 1.88 bits per heavy atom. The molecule has 26 heavy (non-hydrogen) atoms. The first-order valence-electron chi connectivity index (χ1n) is 8.60. The topological polar surface area (TPSA) is 64.1 Å². The third kappa shape index (κ3) is 2.97. The zero-order chi connectivity index (χ0) is 17.9. The van der Waals surface area contributed by atoms with Crippen molar-refractivity contribution in [2.45, 2.75) is 12.5 Å². The quantitative estimate of drug-likeness (QED) is 0.739. The number of nitrogens with one attached hydrogen (secondary N) is 1. The number of esters is 1. The van der Waals surface area contributed by atoms with E-state index >= 15 is 0 Å². The molecule has 1 aromatic heterocycles. The van der Waals surface area contributed by atoms with Crippen molar-refractivity contribution in [3.8, 4) is 11.4 Å². The van der Waals surface area contributed by atoms with Gasteiger partial charge in [0.15, 0.2) is 5.82 Å². The zero-order valence-corrected chi connectivity index (χ0v) is 14.5. The molecule has 0 amide bonds. The van der Waals surface area contributed by atoms with Crippen LogP contribution in [0.3, 0.4) is 0 Å². The van der Waals surface area contributed by atoms with Crippen LogP contribution in [-0.4, -0.2) is 29.6 Å². The lowest BCUT2D eigenvalue weighted by atomic mass is 9.91. The summed E-state index contributed by atoms with van der Waals surface area (Å²) >= 11 is 0. The molecule has 4 rings (SSSR count). The minimum Gasteiger partial charge on any atom is -0.465 e. The number of hydrogen-bond donors (Lipinski definition) is 1. The molecule has 3 aromatic rings. The molecule has 1 aliphatic rings. The second-order valence-electron chi connectivity index (χ2n) is 6.19. The van der Waals surface area contributed by atoms with Gasteiger partial charge in [-0.2, -0.15) is 0 Å². The number of nitrogens with zero attached hydrogens (tertiary/aromatic N) is 2. The minimum absolute atomic E-state index is 0.167. The average molecular weight is 345 g/mol. The number of methoxy groups -OCH3 is 1. The normalized spacial score (nSPS) is 16.0. The molecular formula is C21H19N3O2. The molecule has 0 saturated heterocycles. The van der Waals surface area contributed by atoms with Crippen molar-refractivity contribution in [3.63, 3.8) is 0 Å². The lowest BCUT2D eigenvalue weighted by Crippen LogP contribution is -2.32. The third-order valence-corrected chi connectivity index (χ3v) is 4.64. The highest BCUT2D eigenvalue weighted by atomic mass is 16.5. The Bertz CT molecular complexity index is 941. The molecule has 0 radical (unpaired) electrons. The molecule has 1 aliphatic heterocycles. The molecule has 0 saturated carbocycles. The lowest BCUT2D eigenvalue weighted by Gasteiger charge is -2.27. The predicted octanol–water partition coefficient (Wildman–Crippen LogP) is 3.17. The molecule has 130 valence electrons. The maximum absolute atomic E-state index is 12.3. The standard InChI is InChI=1S/C21H19N3O2/c1-26-21(25)17-13-23-20(15-8-3-2-4-9-15)24-19(17)18-16-10-6-5-7-14(16)11-12-22-18/h2-10,13,18,22H,11-12H2,1H3. The van der Waals surface area contributed by atoms with E-state index in [0.29, 0.717) is 17.1 Å². The number of hydrogen-bond acceptors (Lipinski definition) is 5. The van der Waals surface area contributed by atoms with Gasteiger partial charge in [-0.15, -0.1) is 0 Å². The van der Waals surface area contributed by atoms with Crippen molar-refractivity contribution < 1.29 is 9.53 Å². The monoisotopic (exact) mass is 345 g/mol. The number of benzene rings is 2. The SMILES string of the molecule is COC(=O)c1cnc(-c2ccccc2)nc1C1NCCc2ccccc21. The third-order valence-electron chi connectivity index (χ3n) is 4.64. The smallest absolute Gasteiger partial charge is 0.341 e. The van der Waals surface area contributed by atoms with Gasteiger partial charge in [-0.25, -0.2) is 14.8 Å². The van der Waals surface area contributed by atoms with Crippen molar-refractivity contribution in [2.24, 2.45) is 0 Å². The maximum atomic E-state index is 12.3. The van der Waals surface area contributed by atoms with Gasteiger partial charge >= 0.3 is 5.97 Å². The summed E-state index contributed by atoms with van der Waals surface area (Å²) in [6, 6.07) is 17.8. The molecule has 1 unspecified atom stereocenters. The molecule has 5 nitrogen and oxygen atoms in total. The molecule has 0 aliphatic carbocycles. The Hall–Kier alpha value is -3.05. The lowest BCUT2D eigenvalue weighted by molar-refractivity contribution is 0.0597. The van der Waals surface area contributed by atoms with Gasteiger partial charge in [0, 0.05) is 18.3 Å². The Kier molecular flexibility index (Phi) is 4.46. The van der Waals surface area contributed by atoms with Crippen LogP contribution in [0.15, 0.2) is 60.8 Å². The fourth-order valence-corrected chi connectivity index (χ4v) is 3.36. The van der Waals surface area contributed by atoms with Gasteiger partial charge in [-0.05, 0) is 17.5 Å². The van der Waals surface area contributed by atoms with E-state index < -0.39 is 5.97 Å². The summed E-state index contributed by atoms with van der Waals surface area (Å²) in [5.74, 6) is 0.169. The highest BCUT2D eigenvalue weighted by Gasteiger charge is 2.28. The summed E-state index contributed by atoms with van der Waals surface area (Å²) < 4.78 is 4.95. The first kappa shape index (κ1) is 16.4. The Morgan fingerprint density at radius 1 is 1.12 bits per heavy atom. The second kappa shape index (κ2) is 7.06. The van der Waals surface area contributed by atoms with Crippen molar-refractivity contribution >= 4 is 5.97 Å². The number of rotatable bonds is 3. The fraction of sp³-hybridized carbons (Fsp3) is 0.190. The van der Waals surface area contributed by atoms with Crippen LogP contribution in [0.1, 0.15) is 33.2 Å². The molecule has 1 atom stereocenters. The number of carbonyl (C=O) groups excluding carboxylic acids is 1. The summed E-state index contributed by atoms with van der Waals surface area (Å²) in [4.78, 5) is 21.5. The van der Waals surface area contributed by atoms with E-state index in [1.807, 2.05) is 42.5 Å². The molecule has 0 spiro atoms. The summed E-state index contributed by atoms with van der Waals surface area (Å²) in [6.07, 6.45) is 2.52. The zero-order valence-electron chi connectivity index (χ0n) is 14.5. The van der Waals surface area contributed by atoms with Crippen LogP contribution >= 0.6 is 0 Å². The van der Waals surface area contributed by atoms with E-state index in [1.54, 1.807) is 6.20 Å². The highest BCUT2D eigenvalue weighted by molar-refractivity contribution is 5.90. The van der Waals surface area contributed by atoms with Crippen LogP contribution in [0.5, 0.6) is 0 Å². The maximum Gasteiger partial charge on any atom is 0.341 e. The number of aromatic nitrogens is 2. The van der Waals surface area contributed by atoms with Gasteiger partial charge in [-0.1, -0.05) is 54.6 Å². The molecule has 2 heterocycles. The van der Waals surface area contributed by atoms with E-state index in [9.17, 15) is 4.79 Å². The first-order valence-corrected chi connectivity index (χ1v) is 8.60. The van der Waals surface area contributed by atoms with Crippen LogP contribution in [0.4, 0.5) is 0 Å². The van der Waals surface area contributed by atoms with E-state index in [4.69, 9.17) is 9.72 Å². The Morgan fingerprint density at radius 3 is 2.69 bits per heavy atom. The largest absolute Gasteiger partial charge is 0.465 e. The molecular weight excluding hydrogens is 326 g/mol. The first-order chi connectivity index (χ1) is 12.8. The minimum atomic E-state index is -0.426. The number of ether oxygens (including phenoxy) is 1. The molecule has 5 heteroatoms. The van der Waals surface area contributed by atoms with E-state index in [-0.39, 0.29) is 6.04 Å². The average Bonchev–Trinajstić information content (AvgIpc) is 2.73. The van der Waals surface area contributed by atoms with Crippen molar-refractivity contribution in [1.29, 1.82) is 0 Å². The molecule has 0 bridgehead atoms. The second-order valence-corrected chi connectivity index (χ2v) is 6.19. The molecule has 1 N–H and O–H groups in total. The van der Waals surface area contributed by atoms with Gasteiger partial charge in [0.25, 0.3) is 0 Å². The van der Waals surface area contributed by atoms with Gasteiger partial charge in [-0.3, -0.25) is 0 Å².